The molecule has 6 nitrogen and oxygen atoms in total. The van der Waals surface area contributed by atoms with Crippen LogP contribution in [0.5, 0.6) is 0 Å². The number of pyridine rings is 1. The molecule has 0 aliphatic heterocycles. The van der Waals surface area contributed by atoms with Gasteiger partial charge in [-0.3, -0.25) is 4.79 Å². The third-order valence-electron chi connectivity index (χ3n) is 5.26. The van der Waals surface area contributed by atoms with Gasteiger partial charge < -0.3 is 19.6 Å². The molecule has 0 aliphatic rings. The minimum absolute atomic E-state index is 0.170. The van der Waals surface area contributed by atoms with Gasteiger partial charge in [0, 0.05) is 17.6 Å². The maximum Gasteiger partial charge on any atom is 0.318 e. The smallest absolute Gasteiger partial charge is 0.318 e. The Labute approximate surface area is 180 Å². The molecule has 4 aromatic rings. The van der Waals surface area contributed by atoms with E-state index in [1.165, 1.54) is 5.56 Å². The fourth-order valence-electron chi connectivity index (χ4n) is 3.52. The predicted molar refractivity (Wildman–Crippen MR) is 121 cm³/mol. The van der Waals surface area contributed by atoms with Crippen molar-refractivity contribution >= 4 is 16.9 Å². The van der Waals surface area contributed by atoms with Gasteiger partial charge >= 0.3 is 6.03 Å². The first kappa shape index (κ1) is 20.5. The molecule has 0 bridgehead atoms. The van der Waals surface area contributed by atoms with E-state index in [-0.39, 0.29) is 24.7 Å². The summed E-state index contributed by atoms with van der Waals surface area (Å²) in [4.78, 5) is 30.2. The monoisotopic (exact) mass is 415 g/mol. The van der Waals surface area contributed by atoms with Crippen molar-refractivity contribution in [2.45, 2.75) is 33.0 Å². The number of H-pyrrole nitrogens is 1. The summed E-state index contributed by atoms with van der Waals surface area (Å²) >= 11 is 0. The number of fused-ring (bicyclic) bond motifs is 1. The van der Waals surface area contributed by atoms with Crippen LogP contribution in [0.1, 0.15) is 29.4 Å². The molecule has 2 N–H and O–H groups in total. The number of aryl methyl sites for hydroxylation is 1. The molecule has 0 spiro atoms. The first-order valence-electron chi connectivity index (χ1n) is 10.4. The second-order valence-electron chi connectivity index (χ2n) is 7.48. The topological polar surface area (TPSA) is 78.3 Å². The summed E-state index contributed by atoms with van der Waals surface area (Å²) in [5, 5.41) is 3.89. The molecule has 31 heavy (non-hydrogen) atoms. The lowest BCUT2D eigenvalue weighted by Crippen LogP contribution is -2.39. The third-order valence-corrected chi connectivity index (χ3v) is 5.26. The summed E-state index contributed by atoms with van der Waals surface area (Å²) in [5.74, 6) is 0.653. The van der Waals surface area contributed by atoms with E-state index in [9.17, 15) is 9.59 Å². The van der Waals surface area contributed by atoms with Gasteiger partial charge in [-0.05, 0) is 53.3 Å². The maximum atomic E-state index is 13.0. The van der Waals surface area contributed by atoms with Gasteiger partial charge in [-0.15, -0.1) is 0 Å². The van der Waals surface area contributed by atoms with Gasteiger partial charge in [0.05, 0.1) is 19.4 Å². The number of amides is 2. The van der Waals surface area contributed by atoms with E-state index in [2.05, 4.69) is 23.3 Å². The van der Waals surface area contributed by atoms with E-state index in [0.29, 0.717) is 17.9 Å². The van der Waals surface area contributed by atoms with E-state index in [4.69, 9.17) is 4.42 Å². The average Bonchev–Trinajstić information content (AvgIpc) is 3.31. The van der Waals surface area contributed by atoms with Gasteiger partial charge in [0.1, 0.15) is 5.76 Å². The van der Waals surface area contributed by atoms with Crippen LogP contribution in [-0.4, -0.2) is 15.9 Å². The van der Waals surface area contributed by atoms with Crippen LogP contribution in [0.2, 0.25) is 0 Å². The third kappa shape index (κ3) is 5.04. The van der Waals surface area contributed by atoms with Crippen molar-refractivity contribution in [2.75, 3.05) is 0 Å². The SMILES string of the molecule is CCc1ccc2[nH]c(=O)c(CN(Cc3ccco3)C(=O)NCc3ccccc3)cc2c1. The number of rotatable bonds is 7. The molecular weight excluding hydrogens is 390 g/mol. The first-order valence-corrected chi connectivity index (χ1v) is 10.4. The number of hydrogen-bond donors (Lipinski definition) is 2. The quantitative estimate of drug-likeness (QED) is 0.463. The zero-order chi connectivity index (χ0) is 21.6. The highest BCUT2D eigenvalue weighted by molar-refractivity contribution is 5.80. The van der Waals surface area contributed by atoms with Crippen LogP contribution in [0.25, 0.3) is 10.9 Å². The van der Waals surface area contributed by atoms with Crippen molar-refractivity contribution in [3.05, 3.63) is 106 Å². The van der Waals surface area contributed by atoms with Crippen LogP contribution in [0.4, 0.5) is 4.79 Å². The van der Waals surface area contributed by atoms with E-state index < -0.39 is 0 Å². The van der Waals surface area contributed by atoms with E-state index >= 15 is 0 Å². The van der Waals surface area contributed by atoms with Crippen LogP contribution >= 0.6 is 0 Å². The number of urea groups is 1. The van der Waals surface area contributed by atoms with E-state index in [1.54, 1.807) is 17.2 Å². The summed E-state index contributed by atoms with van der Waals surface area (Å²) in [6.45, 7) is 2.93. The van der Waals surface area contributed by atoms with Gasteiger partial charge in [-0.2, -0.15) is 0 Å². The van der Waals surface area contributed by atoms with Crippen LogP contribution in [0.15, 0.2) is 82.2 Å². The molecule has 0 fully saturated rings. The van der Waals surface area contributed by atoms with Crippen molar-refractivity contribution < 1.29 is 9.21 Å². The summed E-state index contributed by atoms with van der Waals surface area (Å²) in [6, 6.07) is 20.9. The largest absolute Gasteiger partial charge is 0.467 e. The Kier molecular flexibility index (Phi) is 6.17. The van der Waals surface area contributed by atoms with E-state index in [1.807, 2.05) is 54.6 Å². The van der Waals surface area contributed by atoms with Crippen molar-refractivity contribution in [1.29, 1.82) is 0 Å². The minimum atomic E-state index is -0.262. The molecule has 2 amide bonds. The molecule has 2 aromatic carbocycles. The molecule has 6 heteroatoms. The molecule has 158 valence electrons. The summed E-state index contributed by atoms with van der Waals surface area (Å²) in [7, 11) is 0. The molecule has 2 aromatic heterocycles. The number of nitrogens with one attached hydrogen (secondary N) is 2. The minimum Gasteiger partial charge on any atom is -0.467 e. The Morgan fingerprint density at radius 1 is 1.00 bits per heavy atom. The highest BCUT2D eigenvalue weighted by atomic mass is 16.3. The number of carbonyl (C=O) groups excluding carboxylic acids is 1. The lowest BCUT2D eigenvalue weighted by Gasteiger charge is -2.22. The number of furan rings is 1. The van der Waals surface area contributed by atoms with E-state index in [0.717, 1.165) is 22.9 Å². The number of benzene rings is 2. The Morgan fingerprint density at radius 2 is 1.84 bits per heavy atom. The Hall–Kier alpha value is -3.80. The Bertz CT molecular complexity index is 1210. The van der Waals surface area contributed by atoms with Gasteiger partial charge in [0.25, 0.3) is 5.56 Å². The van der Waals surface area contributed by atoms with Crippen molar-refractivity contribution in [2.24, 2.45) is 0 Å². The molecule has 2 heterocycles. The number of carbonyl (C=O) groups is 1. The normalized spacial score (nSPS) is 10.9. The lowest BCUT2D eigenvalue weighted by atomic mass is 10.1. The van der Waals surface area contributed by atoms with Crippen molar-refractivity contribution in [3.63, 3.8) is 0 Å². The number of aromatic nitrogens is 1. The predicted octanol–water partition coefficient (Wildman–Crippen LogP) is 4.60. The fraction of sp³-hybridized carbons (Fsp3) is 0.200. The summed E-state index contributed by atoms with van der Waals surface area (Å²) in [5.41, 5.74) is 3.32. The van der Waals surface area contributed by atoms with Crippen LogP contribution < -0.4 is 10.9 Å². The molecule has 0 saturated carbocycles. The molecule has 4 rings (SSSR count). The zero-order valence-corrected chi connectivity index (χ0v) is 17.4. The summed E-state index contributed by atoms with van der Waals surface area (Å²) in [6.07, 6.45) is 2.49. The molecule has 0 atom stereocenters. The highest BCUT2D eigenvalue weighted by Crippen LogP contribution is 2.16. The molecule has 0 saturated heterocycles. The Balaban J connectivity index is 1.58. The molecule has 0 radical (unpaired) electrons. The van der Waals surface area contributed by atoms with Crippen molar-refractivity contribution in [3.8, 4) is 0 Å². The van der Waals surface area contributed by atoms with Crippen LogP contribution in [0, 0.1) is 0 Å². The van der Waals surface area contributed by atoms with Crippen molar-refractivity contribution in [1.82, 2.24) is 15.2 Å². The van der Waals surface area contributed by atoms with Crippen LogP contribution in [-0.2, 0) is 26.1 Å². The number of hydrogen-bond acceptors (Lipinski definition) is 3. The highest BCUT2D eigenvalue weighted by Gasteiger charge is 2.18. The van der Waals surface area contributed by atoms with Gasteiger partial charge in [-0.25, -0.2) is 4.79 Å². The molecule has 0 aliphatic carbocycles. The lowest BCUT2D eigenvalue weighted by molar-refractivity contribution is 0.186. The van der Waals surface area contributed by atoms with Gasteiger partial charge in [-0.1, -0.05) is 43.3 Å². The van der Waals surface area contributed by atoms with Gasteiger partial charge in [0.2, 0.25) is 0 Å². The second kappa shape index (κ2) is 9.34. The molecule has 0 unspecified atom stereocenters. The fourth-order valence-corrected chi connectivity index (χ4v) is 3.52. The maximum absolute atomic E-state index is 13.0. The average molecular weight is 415 g/mol. The Morgan fingerprint density at radius 3 is 2.58 bits per heavy atom. The van der Waals surface area contributed by atoms with Crippen LogP contribution in [0.3, 0.4) is 0 Å². The number of nitrogens with zero attached hydrogens (tertiary/aromatic N) is 1. The second-order valence-corrected chi connectivity index (χ2v) is 7.48. The van der Waals surface area contributed by atoms with Gasteiger partial charge in [0.15, 0.2) is 0 Å². The zero-order valence-electron chi connectivity index (χ0n) is 17.4. The number of aromatic amines is 1. The standard InChI is InChI=1S/C25H25N3O3/c1-2-18-10-11-23-20(13-18)14-21(24(29)27-23)16-28(17-22-9-6-12-31-22)25(30)26-15-19-7-4-3-5-8-19/h3-14H,2,15-17H2,1H3,(H,26,30)(H,27,29). The first-order chi connectivity index (χ1) is 15.1. The molecular formula is C25H25N3O3. The summed E-state index contributed by atoms with van der Waals surface area (Å²) < 4.78 is 5.44.